The van der Waals surface area contributed by atoms with Gasteiger partial charge in [-0.05, 0) is 0 Å². The molecule has 0 aromatic heterocycles. The molecule has 0 rings (SSSR count). The van der Waals surface area contributed by atoms with Crippen LogP contribution in [0.3, 0.4) is 0 Å². The van der Waals surface area contributed by atoms with Crippen LogP contribution in [0.5, 0.6) is 0 Å². The summed E-state index contributed by atoms with van der Waals surface area (Å²) in [5.41, 5.74) is 0. The summed E-state index contributed by atoms with van der Waals surface area (Å²) in [6.07, 6.45) is 0. The molecule has 0 saturated heterocycles. The van der Waals surface area contributed by atoms with E-state index < -0.39 is 10.4 Å². The molecule has 0 saturated carbocycles. The summed E-state index contributed by atoms with van der Waals surface area (Å²) in [4.78, 5) is 2.29. The maximum atomic E-state index is 11.5. The Kier molecular flexibility index (Phi) is 243. The Morgan fingerprint density at radius 1 is 0.778 bits per heavy atom. The number of hydrogen-bond acceptors (Lipinski definition) is 0. The third-order valence-electron chi connectivity index (χ3n) is 0.254. The second-order valence-electron chi connectivity index (χ2n) is 0.663. The minimum atomic E-state index is -1.16. The van der Waals surface area contributed by atoms with Gasteiger partial charge in [-0.3, -0.25) is 0 Å². The Labute approximate surface area is 123 Å². The summed E-state index contributed by atoms with van der Waals surface area (Å²) in [5, 5.41) is 0. The van der Waals surface area contributed by atoms with Crippen LogP contribution in [0.4, 0.5) is 4.39 Å². The van der Waals surface area contributed by atoms with E-state index in [0.29, 0.717) is 0 Å². The van der Waals surface area contributed by atoms with E-state index in [0.717, 1.165) is 0 Å². The van der Waals surface area contributed by atoms with Crippen molar-refractivity contribution in [1.29, 1.82) is 0 Å². The van der Waals surface area contributed by atoms with Crippen molar-refractivity contribution in [1.82, 2.24) is 0 Å². The van der Waals surface area contributed by atoms with Gasteiger partial charge in [0.25, 0.3) is 0 Å². The van der Waals surface area contributed by atoms with Crippen molar-refractivity contribution in [2.24, 2.45) is 0 Å². The van der Waals surface area contributed by atoms with Gasteiger partial charge < -0.3 is 0 Å². The number of rotatable bonds is 0. The summed E-state index contributed by atoms with van der Waals surface area (Å²) in [7, 11) is 0. The van der Waals surface area contributed by atoms with Crippen LogP contribution < -0.4 is 0 Å². The van der Waals surface area contributed by atoms with Crippen molar-refractivity contribution in [2.75, 3.05) is 0 Å². The summed E-state index contributed by atoms with van der Waals surface area (Å²) in [6, 6.07) is 0. The van der Waals surface area contributed by atoms with Gasteiger partial charge in [-0.2, -0.15) is 0 Å². The van der Waals surface area contributed by atoms with Crippen LogP contribution in [-0.4, -0.2) is 0 Å². The smallest absolute Gasteiger partial charge is 0 e. The molecule has 10 heteroatoms. The molecule has 0 amide bonds. The van der Waals surface area contributed by atoms with Crippen molar-refractivity contribution >= 4 is 23.2 Å². The van der Waals surface area contributed by atoms with Crippen molar-refractivity contribution in [3.8, 4) is 0 Å². The Balaban J connectivity index is -0.0000000189. The van der Waals surface area contributed by atoms with Crippen LogP contribution in [0.2, 0.25) is 0 Å². The van der Waals surface area contributed by atoms with E-state index in [4.69, 9.17) is 53.0 Å². The monoisotopic (exact) mass is 331 g/mol. The molecule has 0 atom stereocenters. The maximum absolute atomic E-state index is 11.5. The van der Waals surface area contributed by atoms with Crippen molar-refractivity contribution < 1.29 is 45.0 Å². The van der Waals surface area contributed by atoms with E-state index in [1.54, 1.807) is 0 Å². The Morgan fingerprint density at radius 2 is 0.944 bits per heavy atom. The normalized spacial score (nSPS) is 3.33. The average molecular weight is 332 g/mol. The molecular weight excluding hydrogens is 332 g/mol. The topological polar surface area (TPSA) is 104 Å². The first kappa shape index (κ1) is 43.5. The first-order chi connectivity index (χ1) is 8.18. The summed E-state index contributed by atoms with van der Waals surface area (Å²) in [5.74, 6) is -1.16. The van der Waals surface area contributed by atoms with Gasteiger partial charge in [0.05, 0.1) is 6.57 Å². The van der Waals surface area contributed by atoms with Crippen LogP contribution >= 0.6 is 23.2 Å². The third-order valence-corrected chi connectivity index (χ3v) is 0.566. The molecule has 18 heavy (non-hydrogen) atoms. The van der Waals surface area contributed by atoms with E-state index >= 15 is 0 Å². The van der Waals surface area contributed by atoms with E-state index in [-0.39, 0.29) is 17.4 Å². The number of hydrogen-bond donors (Lipinski definition) is 0. The molecule has 0 fully saturated rings. The van der Waals surface area contributed by atoms with E-state index in [2.05, 4.69) is 38.1 Å². The zero-order valence-electron chi connectivity index (χ0n) is 8.03. The van der Waals surface area contributed by atoms with Crippen molar-refractivity contribution in [3.05, 3.63) is 55.1 Å². The van der Waals surface area contributed by atoms with Gasteiger partial charge in [0, 0.05) is 17.4 Å². The minimum Gasteiger partial charge on any atom is 0 e. The van der Waals surface area contributed by atoms with Crippen LogP contribution in [-0.2, 0) is 40.6 Å². The molecule has 6 nitrogen and oxygen atoms in total. The van der Waals surface area contributed by atoms with E-state index in [1.165, 1.54) is 0 Å². The summed E-state index contributed by atoms with van der Waals surface area (Å²) < 4.78 is 48.4. The fourth-order valence-electron chi connectivity index (χ4n) is 0.0423. The zero-order valence-corrected chi connectivity index (χ0v) is 10.8. The van der Waals surface area contributed by atoms with E-state index in [1.807, 2.05) is 0 Å². The predicted molar refractivity (Wildman–Crippen MR) is 46.1 cm³/mol. The largest absolute Gasteiger partial charge is 0 e. The zero-order chi connectivity index (χ0) is 15.9. The van der Waals surface area contributed by atoms with Gasteiger partial charge in [-0.1, -0.05) is 23.2 Å². The molecule has 0 bridgehead atoms. The average Bonchev–Trinajstić information content (AvgIpc) is 2.48. The molecule has 0 N–H and O–H groups in total. The molecule has 0 aliphatic heterocycles. The number of nitrogens with zero attached hydrogens (tertiary/aromatic N) is 1. The second kappa shape index (κ2) is 100. The Hall–Kier alpha value is -1.03. The van der Waals surface area contributed by atoms with Crippen LogP contribution in [0.15, 0.2) is 10.4 Å². The van der Waals surface area contributed by atoms with Gasteiger partial charge >= 0.3 is 62.5 Å². The SMILES string of the molecule is [C-]#[N+]C(F)=C(Cl)Cl.[C-]#[O+].[C-]#[O+].[C-]#[O+].[C-]#[O+].[C-]#[O+].[Cr]. The predicted octanol–water partition coefficient (Wildman–Crippen LogP) is 2.29. The van der Waals surface area contributed by atoms with Gasteiger partial charge in [0.1, 0.15) is 4.49 Å². The maximum Gasteiger partial charge on any atom is 0 e. The molecule has 0 radical (unpaired) electrons. The van der Waals surface area contributed by atoms with Crippen LogP contribution in [0.1, 0.15) is 0 Å². The first-order valence-electron chi connectivity index (χ1n) is 2.28. The molecule has 0 unspecified atom stereocenters. The molecule has 0 spiro atoms. The molecule has 0 aromatic rings. The Bertz CT molecular complexity index is 277. The van der Waals surface area contributed by atoms with Gasteiger partial charge in [-0.25, -0.2) is 9.24 Å². The number of halogens is 3. The minimum absolute atomic E-state index is 0. The van der Waals surface area contributed by atoms with Crippen molar-refractivity contribution in [2.45, 2.75) is 0 Å². The van der Waals surface area contributed by atoms with Gasteiger partial charge in [0.2, 0.25) is 0 Å². The summed E-state index contributed by atoms with van der Waals surface area (Å²) in [6.45, 7) is 28.5. The molecule has 0 aromatic carbocycles. The molecule has 0 heterocycles. The molecular formula is C8Cl2CrFNO5. The molecule has 94 valence electrons. The third kappa shape index (κ3) is 118. The van der Waals surface area contributed by atoms with Gasteiger partial charge in [-0.15, -0.1) is 0 Å². The van der Waals surface area contributed by atoms with Crippen LogP contribution in [0, 0.1) is 39.8 Å². The fourth-order valence-corrected chi connectivity index (χ4v) is 0.127. The standard InChI is InChI=1S/C3Cl2FN.5CO.Cr/c1-7-3(6)2(4)5;5*1-2;. The first-order valence-corrected chi connectivity index (χ1v) is 3.04. The second-order valence-corrected chi connectivity index (χ2v) is 1.61. The molecule has 0 aliphatic rings. The van der Waals surface area contributed by atoms with Crippen molar-refractivity contribution in [3.63, 3.8) is 0 Å². The van der Waals surface area contributed by atoms with E-state index in [9.17, 15) is 4.39 Å². The van der Waals surface area contributed by atoms with Gasteiger partial charge in [0.15, 0.2) is 0 Å². The molecule has 0 aliphatic carbocycles. The van der Waals surface area contributed by atoms with Crippen LogP contribution in [0.25, 0.3) is 4.85 Å². The fraction of sp³-hybridized carbons (Fsp3) is 0. The quantitative estimate of drug-likeness (QED) is 0.369. The summed E-state index contributed by atoms with van der Waals surface area (Å²) >= 11 is 9.57. The Morgan fingerprint density at radius 3 is 0.944 bits per heavy atom.